The van der Waals surface area contributed by atoms with Crippen molar-refractivity contribution < 1.29 is 19.7 Å². The van der Waals surface area contributed by atoms with Gasteiger partial charge in [0.05, 0.1) is 5.56 Å². The number of hydrogen-bond acceptors (Lipinski definition) is 4. The predicted molar refractivity (Wildman–Crippen MR) is 65.9 cm³/mol. The average Bonchev–Trinajstić information content (AvgIpc) is 2.34. The summed E-state index contributed by atoms with van der Waals surface area (Å²) >= 11 is 0. The number of benzene rings is 2. The molecule has 0 spiro atoms. The predicted octanol–water partition coefficient (Wildman–Crippen LogP) is 2.63. The van der Waals surface area contributed by atoms with Crippen LogP contribution in [0.15, 0.2) is 42.5 Å². The molecule has 0 saturated carbocycles. The van der Waals surface area contributed by atoms with Crippen LogP contribution in [0, 0.1) is 6.92 Å². The first kappa shape index (κ1) is 12.0. The lowest BCUT2D eigenvalue weighted by Gasteiger charge is -2.06. The van der Waals surface area contributed by atoms with Gasteiger partial charge in [0.1, 0.15) is 5.75 Å². The van der Waals surface area contributed by atoms with E-state index in [0.717, 1.165) is 5.56 Å². The third-order valence-corrected chi connectivity index (χ3v) is 2.41. The lowest BCUT2D eigenvalue weighted by Crippen LogP contribution is -2.08. The fraction of sp³-hybridized carbons (Fsp3) is 0.0714. The van der Waals surface area contributed by atoms with Gasteiger partial charge in [-0.05, 0) is 31.2 Å². The van der Waals surface area contributed by atoms with Gasteiger partial charge in [0.2, 0.25) is 0 Å². The first-order valence-electron chi connectivity index (χ1n) is 5.37. The van der Waals surface area contributed by atoms with Crippen LogP contribution in [-0.4, -0.2) is 16.2 Å². The van der Waals surface area contributed by atoms with E-state index in [4.69, 9.17) is 9.84 Å². The fourth-order valence-corrected chi connectivity index (χ4v) is 1.50. The maximum absolute atomic E-state index is 11.8. The third-order valence-electron chi connectivity index (χ3n) is 2.41. The van der Waals surface area contributed by atoms with E-state index in [-0.39, 0.29) is 17.2 Å². The largest absolute Gasteiger partial charge is 0.504 e. The van der Waals surface area contributed by atoms with Crippen molar-refractivity contribution in [3.63, 3.8) is 0 Å². The second-order valence-corrected chi connectivity index (χ2v) is 3.91. The van der Waals surface area contributed by atoms with E-state index in [9.17, 15) is 9.90 Å². The molecule has 0 heterocycles. The Morgan fingerprint density at radius 3 is 2.50 bits per heavy atom. The summed E-state index contributed by atoms with van der Waals surface area (Å²) in [6.45, 7) is 1.88. The number of aromatic hydroxyl groups is 2. The summed E-state index contributed by atoms with van der Waals surface area (Å²) in [4.78, 5) is 11.8. The molecule has 0 aliphatic carbocycles. The second kappa shape index (κ2) is 4.79. The number of phenols is 2. The molecule has 2 N–H and O–H groups in total. The van der Waals surface area contributed by atoms with Gasteiger partial charge in [-0.25, -0.2) is 4.79 Å². The molecule has 2 rings (SSSR count). The Hall–Kier alpha value is -2.49. The van der Waals surface area contributed by atoms with Crippen LogP contribution >= 0.6 is 0 Å². The molecule has 92 valence electrons. The molecule has 0 saturated heterocycles. The lowest BCUT2D eigenvalue weighted by molar-refractivity contribution is 0.0734. The molecule has 2 aromatic carbocycles. The normalized spacial score (nSPS) is 10.1. The molecule has 0 radical (unpaired) electrons. The molecular weight excluding hydrogens is 232 g/mol. The van der Waals surface area contributed by atoms with E-state index in [2.05, 4.69) is 0 Å². The van der Waals surface area contributed by atoms with Gasteiger partial charge < -0.3 is 14.9 Å². The lowest BCUT2D eigenvalue weighted by atomic mass is 10.1. The van der Waals surface area contributed by atoms with Crippen molar-refractivity contribution in [2.75, 3.05) is 0 Å². The number of aryl methyl sites for hydroxylation is 1. The van der Waals surface area contributed by atoms with Gasteiger partial charge in [-0.3, -0.25) is 0 Å². The zero-order valence-corrected chi connectivity index (χ0v) is 9.75. The smallest absolute Gasteiger partial charge is 0.343 e. The molecule has 0 fully saturated rings. The van der Waals surface area contributed by atoms with E-state index >= 15 is 0 Å². The summed E-state index contributed by atoms with van der Waals surface area (Å²) < 4.78 is 5.08. The van der Waals surface area contributed by atoms with Crippen LogP contribution < -0.4 is 4.74 Å². The van der Waals surface area contributed by atoms with Crippen molar-refractivity contribution in [1.82, 2.24) is 0 Å². The Morgan fingerprint density at radius 2 is 1.83 bits per heavy atom. The molecule has 4 heteroatoms. The maximum Gasteiger partial charge on any atom is 0.343 e. The molecule has 0 aromatic heterocycles. The topological polar surface area (TPSA) is 66.8 Å². The van der Waals surface area contributed by atoms with E-state index in [1.807, 2.05) is 13.0 Å². The Bertz CT molecular complexity index is 590. The molecule has 0 bridgehead atoms. The van der Waals surface area contributed by atoms with Crippen LogP contribution in [0.2, 0.25) is 0 Å². The summed E-state index contributed by atoms with van der Waals surface area (Å²) in [6, 6.07) is 10.8. The van der Waals surface area contributed by atoms with Gasteiger partial charge in [-0.2, -0.15) is 0 Å². The highest BCUT2D eigenvalue weighted by Crippen LogP contribution is 2.29. The van der Waals surface area contributed by atoms with Crippen LogP contribution in [0.25, 0.3) is 0 Å². The highest BCUT2D eigenvalue weighted by molar-refractivity contribution is 5.91. The molecule has 18 heavy (non-hydrogen) atoms. The quantitative estimate of drug-likeness (QED) is 0.484. The Kier molecular flexibility index (Phi) is 3.19. The van der Waals surface area contributed by atoms with Crippen molar-refractivity contribution >= 4 is 5.97 Å². The Morgan fingerprint density at radius 1 is 1.06 bits per heavy atom. The Labute approximate surface area is 104 Å². The van der Waals surface area contributed by atoms with Gasteiger partial charge in [0.15, 0.2) is 11.5 Å². The van der Waals surface area contributed by atoms with Crippen LogP contribution in [0.3, 0.4) is 0 Å². The Balaban J connectivity index is 2.18. The number of hydrogen-bond donors (Lipinski definition) is 2. The molecule has 0 amide bonds. The number of phenolic OH excluding ortho intramolecular Hbond substituents is 2. The number of esters is 1. The van der Waals surface area contributed by atoms with Crippen LogP contribution in [0.4, 0.5) is 0 Å². The minimum absolute atomic E-state index is 0.178. The number of ether oxygens (including phenoxy) is 1. The molecule has 0 unspecified atom stereocenters. The fourth-order valence-electron chi connectivity index (χ4n) is 1.50. The van der Waals surface area contributed by atoms with Crippen LogP contribution in [-0.2, 0) is 0 Å². The van der Waals surface area contributed by atoms with E-state index < -0.39 is 5.97 Å². The highest BCUT2D eigenvalue weighted by Gasteiger charge is 2.10. The number of carbonyl (C=O) groups excluding carboxylic acids is 1. The zero-order chi connectivity index (χ0) is 13.1. The van der Waals surface area contributed by atoms with Gasteiger partial charge >= 0.3 is 5.97 Å². The summed E-state index contributed by atoms with van der Waals surface area (Å²) in [5.41, 5.74) is 1.39. The average molecular weight is 244 g/mol. The van der Waals surface area contributed by atoms with Gasteiger partial charge in [0, 0.05) is 6.07 Å². The van der Waals surface area contributed by atoms with Gasteiger partial charge in [-0.15, -0.1) is 0 Å². The SMILES string of the molecule is Cc1cccc(C(=O)Oc2ccc(O)c(O)c2)c1. The number of carbonyl (C=O) groups is 1. The van der Waals surface area contributed by atoms with Crippen LogP contribution in [0.1, 0.15) is 15.9 Å². The van der Waals surface area contributed by atoms with E-state index in [0.29, 0.717) is 5.56 Å². The molecule has 0 atom stereocenters. The first-order chi connectivity index (χ1) is 8.56. The van der Waals surface area contributed by atoms with E-state index in [1.165, 1.54) is 18.2 Å². The summed E-state index contributed by atoms with van der Waals surface area (Å²) in [5, 5.41) is 18.4. The summed E-state index contributed by atoms with van der Waals surface area (Å²) in [7, 11) is 0. The molecule has 4 nitrogen and oxygen atoms in total. The highest BCUT2D eigenvalue weighted by atomic mass is 16.5. The van der Waals surface area contributed by atoms with Crippen molar-refractivity contribution in [2.45, 2.75) is 6.92 Å². The van der Waals surface area contributed by atoms with E-state index in [1.54, 1.807) is 18.2 Å². The molecule has 2 aromatic rings. The zero-order valence-electron chi connectivity index (χ0n) is 9.75. The second-order valence-electron chi connectivity index (χ2n) is 3.91. The van der Waals surface area contributed by atoms with Gasteiger partial charge in [-0.1, -0.05) is 17.7 Å². The summed E-state index contributed by atoms with van der Waals surface area (Å²) in [6.07, 6.45) is 0. The maximum atomic E-state index is 11.8. The van der Waals surface area contributed by atoms with Crippen molar-refractivity contribution in [2.24, 2.45) is 0 Å². The minimum Gasteiger partial charge on any atom is -0.504 e. The third kappa shape index (κ3) is 2.60. The van der Waals surface area contributed by atoms with Crippen LogP contribution in [0.5, 0.6) is 17.2 Å². The molecular formula is C14H12O4. The molecule has 0 aliphatic heterocycles. The first-order valence-corrected chi connectivity index (χ1v) is 5.37. The van der Waals surface area contributed by atoms with Gasteiger partial charge in [0.25, 0.3) is 0 Å². The van der Waals surface area contributed by atoms with Crippen molar-refractivity contribution in [3.05, 3.63) is 53.6 Å². The van der Waals surface area contributed by atoms with Crippen molar-refractivity contribution in [3.8, 4) is 17.2 Å². The van der Waals surface area contributed by atoms with Crippen molar-refractivity contribution in [1.29, 1.82) is 0 Å². The number of rotatable bonds is 2. The summed E-state index contributed by atoms with van der Waals surface area (Å²) in [5.74, 6) is -0.921. The minimum atomic E-state index is -0.510. The monoisotopic (exact) mass is 244 g/mol. The standard InChI is InChI=1S/C14H12O4/c1-9-3-2-4-10(7-9)14(17)18-11-5-6-12(15)13(16)8-11/h2-8,15-16H,1H3. The molecule has 0 aliphatic rings.